The maximum atomic E-state index is 12.4. The first-order chi connectivity index (χ1) is 22.3. The van der Waals surface area contributed by atoms with Crippen molar-refractivity contribution in [2.24, 2.45) is 0 Å². The molecule has 0 atom stereocenters. The Balaban J connectivity index is 1.74. The lowest BCUT2D eigenvalue weighted by Gasteiger charge is -2.44. The highest BCUT2D eigenvalue weighted by Gasteiger charge is 2.48. The first-order valence-corrected chi connectivity index (χ1v) is 15.4. The second-order valence-electron chi connectivity index (χ2n) is 11.4. The Labute approximate surface area is 265 Å². The van der Waals surface area contributed by atoms with E-state index in [0.717, 1.165) is 44.5 Å². The molecule has 1 N–H and O–H groups in total. The lowest BCUT2D eigenvalue weighted by atomic mass is 9.57. The van der Waals surface area contributed by atoms with E-state index < -0.39 is 10.8 Å². The largest absolute Gasteiger partial charge is 0.508 e. The van der Waals surface area contributed by atoms with E-state index in [1.165, 1.54) is 0 Å². The van der Waals surface area contributed by atoms with Crippen LogP contribution in [-0.4, -0.2) is 5.11 Å². The summed E-state index contributed by atoms with van der Waals surface area (Å²) in [6, 6.07) is 70.0. The van der Waals surface area contributed by atoms with Gasteiger partial charge in [-0.05, 0) is 45.0 Å². The summed E-state index contributed by atoms with van der Waals surface area (Å²) in [6.07, 6.45) is 0. The Morgan fingerprint density at radius 1 is 0.267 bits per heavy atom. The van der Waals surface area contributed by atoms with Crippen molar-refractivity contribution in [3.8, 4) is 5.75 Å². The van der Waals surface area contributed by atoms with Gasteiger partial charge in [-0.1, -0.05) is 194 Å². The Morgan fingerprint density at radius 3 is 0.822 bits per heavy atom. The van der Waals surface area contributed by atoms with E-state index in [2.05, 4.69) is 188 Å². The van der Waals surface area contributed by atoms with Gasteiger partial charge in [-0.15, -0.1) is 0 Å². The molecule has 0 saturated heterocycles. The lowest BCUT2D eigenvalue weighted by molar-refractivity contribution is 0.457. The summed E-state index contributed by atoms with van der Waals surface area (Å²) in [7, 11) is 0. The molecular formula is C44H34O. The number of benzene rings is 7. The third kappa shape index (κ3) is 4.65. The quantitative estimate of drug-likeness (QED) is 0.178. The molecule has 0 bridgehead atoms. The maximum absolute atomic E-state index is 12.4. The summed E-state index contributed by atoms with van der Waals surface area (Å²) in [5.74, 6) is 0.247. The smallest absolute Gasteiger partial charge is 0.120 e. The summed E-state index contributed by atoms with van der Waals surface area (Å²) in [4.78, 5) is 0. The van der Waals surface area contributed by atoms with Crippen LogP contribution >= 0.6 is 0 Å². The minimum atomic E-state index is -0.853. The number of aromatic hydroxyl groups is 1. The molecule has 7 aromatic carbocycles. The first-order valence-electron chi connectivity index (χ1n) is 15.4. The van der Waals surface area contributed by atoms with Crippen LogP contribution in [0.5, 0.6) is 5.75 Å². The fourth-order valence-electron chi connectivity index (χ4n) is 7.28. The summed E-state index contributed by atoms with van der Waals surface area (Å²) >= 11 is 0. The van der Waals surface area contributed by atoms with Crippen LogP contribution in [-0.2, 0) is 10.8 Å². The zero-order chi connectivity index (χ0) is 30.5. The number of phenols is 1. The first kappa shape index (κ1) is 28.1. The average Bonchev–Trinajstić information content (AvgIpc) is 3.13. The second-order valence-corrected chi connectivity index (χ2v) is 11.4. The molecule has 0 aliphatic rings. The molecule has 0 aromatic heterocycles. The number of hydrogen-bond donors (Lipinski definition) is 1. The van der Waals surface area contributed by atoms with E-state index in [-0.39, 0.29) is 5.75 Å². The van der Waals surface area contributed by atoms with E-state index >= 15 is 0 Å². The van der Waals surface area contributed by atoms with Gasteiger partial charge in [0.15, 0.2) is 0 Å². The molecule has 0 fully saturated rings. The molecular weight excluding hydrogens is 544 g/mol. The van der Waals surface area contributed by atoms with Gasteiger partial charge in [-0.2, -0.15) is 0 Å². The van der Waals surface area contributed by atoms with Crippen molar-refractivity contribution in [1.29, 1.82) is 0 Å². The van der Waals surface area contributed by atoms with E-state index in [1.54, 1.807) is 0 Å². The molecule has 0 aliphatic carbocycles. The van der Waals surface area contributed by atoms with Crippen LogP contribution in [0.15, 0.2) is 200 Å². The van der Waals surface area contributed by atoms with Gasteiger partial charge in [0.1, 0.15) is 5.75 Å². The fourth-order valence-corrected chi connectivity index (χ4v) is 7.28. The summed E-state index contributed by atoms with van der Waals surface area (Å²) < 4.78 is 0. The summed E-state index contributed by atoms with van der Waals surface area (Å²) in [5.41, 5.74) is 6.85. The summed E-state index contributed by atoms with van der Waals surface area (Å²) in [6.45, 7) is 0. The molecule has 0 spiro atoms. The van der Waals surface area contributed by atoms with Crippen LogP contribution in [0.1, 0.15) is 44.5 Å². The third-order valence-corrected chi connectivity index (χ3v) is 9.06. The Hall–Kier alpha value is -5.66. The van der Waals surface area contributed by atoms with Gasteiger partial charge < -0.3 is 5.11 Å². The molecule has 0 saturated carbocycles. The van der Waals surface area contributed by atoms with Crippen molar-refractivity contribution in [2.45, 2.75) is 10.8 Å². The molecule has 0 aliphatic heterocycles. The van der Waals surface area contributed by atoms with Crippen molar-refractivity contribution in [3.63, 3.8) is 0 Å². The molecule has 0 amide bonds. The SMILES string of the molecule is Oc1cccc(C(c2ccccc2)(c2ccccc2)c2ccccc2)c1C(c1ccccc1)(c1ccccc1)c1ccccc1. The number of rotatable bonds is 8. The van der Waals surface area contributed by atoms with Crippen LogP contribution in [0.3, 0.4) is 0 Å². The predicted molar refractivity (Wildman–Crippen MR) is 185 cm³/mol. The van der Waals surface area contributed by atoms with Gasteiger partial charge in [0.05, 0.1) is 10.8 Å². The predicted octanol–water partition coefficient (Wildman–Crippen LogP) is 10.2. The average molecular weight is 579 g/mol. The minimum Gasteiger partial charge on any atom is -0.508 e. The monoisotopic (exact) mass is 578 g/mol. The maximum Gasteiger partial charge on any atom is 0.120 e. The number of phenolic OH excluding ortho intramolecular Hbond substituents is 1. The topological polar surface area (TPSA) is 20.2 Å². The van der Waals surface area contributed by atoms with Crippen LogP contribution < -0.4 is 0 Å². The number of hydrogen-bond acceptors (Lipinski definition) is 1. The Morgan fingerprint density at radius 2 is 0.533 bits per heavy atom. The highest BCUT2D eigenvalue weighted by molar-refractivity contribution is 5.71. The Kier molecular flexibility index (Phi) is 7.59. The Bertz CT molecular complexity index is 1780. The molecule has 216 valence electrons. The van der Waals surface area contributed by atoms with Crippen molar-refractivity contribution in [3.05, 3.63) is 245 Å². The van der Waals surface area contributed by atoms with E-state index in [9.17, 15) is 5.11 Å². The van der Waals surface area contributed by atoms with E-state index in [4.69, 9.17) is 0 Å². The molecule has 0 heterocycles. The van der Waals surface area contributed by atoms with Crippen molar-refractivity contribution >= 4 is 0 Å². The van der Waals surface area contributed by atoms with Crippen LogP contribution in [0.4, 0.5) is 0 Å². The minimum absolute atomic E-state index is 0.247. The van der Waals surface area contributed by atoms with Crippen molar-refractivity contribution < 1.29 is 5.11 Å². The molecule has 0 radical (unpaired) electrons. The van der Waals surface area contributed by atoms with Crippen LogP contribution in [0, 0.1) is 0 Å². The second kappa shape index (κ2) is 12.1. The standard InChI is InChI=1S/C44H34O/c45-41-33-19-32-40(43(34-20-7-1-8-21-34,35-22-9-2-10-23-35)36-24-11-3-12-25-36)42(41)44(37-26-13-4-14-27-37,38-28-15-5-16-29-38)39-30-17-6-18-31-39/h1-33,45H. The van der Waals surface area contributed by atoms with Crippen molar-refractivity contribution in [1.82, 2.24) is 0 Å². The van der Waals surface area contributed by atoms with Gasteiger partial charge in [0.2, 0.25) is 0 Å². The zero-order valence-corrected chi connectivity index (χ0v) is 25.0. The van der Waals surface area contributed by atoms with E-state index in [1.807, 2.05) is 12.1 Å². The van der Waals surface area contributed by atoms with Gasteiger partial charge in [0.25, 0.3) is 0 Å². The van der Waals surface area contributed by atoms with E-state index in [0.29, 0.717) is 0 Å². The third-order valence-electron chi connectivity index (χ3n) is 9.06. The van der Waals surface area contributed by atoms with Gasteiger partial charge in [0, 0.05) is 5.56 Å². The molecule has 45 heavy (non-hydrogen) atoms. The van der Waals surface area contributed by atoms with Crippen LogP contribution in [0.2, 0.25) is 0 Å². The van der Waals surface area contributed by atoms with Gasteiger partial charge >= 0.3 is 0 Å². The zero-order valence-electron chi connectivity index (χ0n) is 25.0. The highest BCUT2D eigenvalue weighted by atomic mass is 16.3. The molecule has 7 aromatic rings. The lowest BCUT2D eigenvalue weighted by Crippen LogP contribution is -2.38. The van der Waals surface area contributed by atoms with Crippen LogP contribution in [0.25, 0.3) is 0 Å². The van der Waals surface area contributed by atoms with Gasteiger partial charge in [-0.25, -0.2) is 0 Å². The normalized spacial score (nSPS) is 11.6. The summed E-state index contributed by atoms with van der Waals surface area (Å²) in [5, 5.41) is 12.4. The molecule has 7 rings (SSSR count). The van der Waals surface area contributed by atoms with Gasteiger partial charge in [-0.3, -0.25) is 0 Å². The van der Waals surface area contributed by atoms with Crippen molar-refractivity contribution in [2.75, 3.05) is 0 Å². The fraction of sp³-hybridized carbons (Fsp3) is 0.0455. The highest BCUT2D eigenvalue weighted by Crippen LogP contribution is 2.55. The molecule has 1 heteroatoms. The molecule has 0 unspecified atom stereocenters. The molecule has 1 nitrogen and oxygen atoms in total.